The molecule has 0 unspecified atom stereocenters. The van der Waals surface area contributed by atoms with Crippen LogP contribution >= 0.6 is 23.2 Å². The number of anilines is 1. The molecule has 0 radical (unpaired) electrons. The van der Waals surface area contributed by atoms with Crippen LogP contribution in [0.25, 0.3) is 0 Å². The molecule has 3 aromatic carbocycles. The monoisotopic (exact) mass is 535 g/mol. The first kappa shape index (κ1) is 25.4. The smallest absolute Gasteiger partial charge is 0.243 e. The Morgan fingerprint density at radius 2 is 1.51 bits per heavy atom. The minimum absolute atomic E-state index is 0.0334. The van der Waals surface area contributed by atoms with Crippen molar-refractivity contribution in [2.75, 3.05) is 37.6 Å². The second kappa shape index (κ2) is 11.0. The van der Waals surface area contributed by atoms with Gasteiger partial charge in [0.25, 0.3) is 0 Å². The normalized spacial score (nSPS) is 14.4. The van der Waals surface area contributed by atoms with Gasteiger partial charge in [-0.15, -0.1) is 0 Å². The number of nitrogens with zero attached hydrogens (tertiary/aromatic N) is 3. The predicted octanol–water partition coefficient (Wildman–Crippen LogP) is 4.67. The van der Waals surface area contributed by atoms with Gasteiger partial charge in [0, 0.05) is 42.8 Å². The number of benzene rings is 3. The van der Waals surface area contributed by atoms with Crippen LogP contribution in [0.5, 0.6) is 0 Å². The first-order chi connectivity index (χ1) is 16.8. The van der Waals surface area contributed by atoms with E-state index in [0.717, 1.165) is 4.31 Å². The van der Waals surface area contributed by atoms with Crippen molar-refractivity contribution in [3.8, 4) is 0 Å². The molecule has 3 aromatic rings. The molecule has 0 N–H and O–H groups in total. The Labute approximate surface area is 214 Å². The highest BCUT2D eigenvalue weighted by atomic mass is 35.5. The van der Waals surface area contributed by atoms with Gasteiger partial charge in [-0.3, -0.25) is 4.79 Å². The van der Waals surface area contributed by atoms with Crippen LogP contribution in [0.1, 0.15) is 5.56 Å². The van der Waals surface area contributed by atoms with E-state index >= 15 is 0 Å². The van der Waals surface area contributed by atoms with Crippen LogP contribution in [0.4, 0.5) is 10.1 Å². The summed E-state index contributed by atoms with van der Waals surface area (Å²) in [5.41, 5.74) is 1.08. The van der Waals surface area contributed by atoms with E-state index in [2.05, 4.69) is 0 Å². The van der Waals surface area contributed by atoms with E-state index < -0.39 is 10.0 Å². The fourth-order valence-electron chi connectivity index (χ4n) is 3.95. The number of carbonyl (C=O) groups is 1. The maximum atomic E-state index is 14.1. The van der Waals surface area contributed by atoms with Gasteiger partial charge in [-0.25, -0.2) is 12.8 Å². The molecule has 0 saturated carbocycles. The van der Waals surface area contributed by atoms with Crippen molar-refractivity contribution in [1.29, 1.82) is 0 Å². The molecule has 1 fully saturated rings. The van der Waals surface area contributed by atoms with Crippen LogP contribution in [0.3, 0.4) is 0 Å². The Balaban J connectivity index is 1.52. The van der Waals surface area contributed by atoms with Crippen molar-refractivity contribution < 1.29 is 17.6 Å². The van der Waals surface area contributed by atoms with Crippen molar-refractivity contribution in [3.63, 3.8) is 0 Å². The molecule has 184 valence electrons. The topological polar surface area (TPSA) is 60.9 Å². The van der Waals surface area contributed by atoms with E-state index in [1.165, 1.54) is 30.3 Å². The van der Waals surface area contributed by atoms with Gasteiger partial charge in [0.05, 0.1) is 17.1 Å². The Hall–Kier alpha value is -2.65. The fraction of sp³-hybridized carbons (Fsp3) is 0.240. The average Bonchev–Trinajstić information content (AvgIpc) is 2.85. The van der Waals surface area contributed by atoms with Gasteiger partial charge in [-0.1, -0.05) is 53.5 Å². The highest BCUT2D eigenvalue weighted by molar-refractivity contribution is 7.89. The summed E-state index contributed by atoms with van der Waals surface area (Å²) < 4.78 is 42.2. The fourth-order valence-corrected chi connectivity index (χ4v) is 5.64. The maximum Gasteiger partial charge on any atom is 0.243 e. The van der Waals surface area contributed by atoms with Crippen molar-refractivity contribution in [3.05, 3.63) is 94.2 Å². The molecule has 0 aliphatic carbocycles. The summed E-state index contributed by atoms with van der Waals surface area (Å²) in [6, 6.07) is 19.2. The first-order valence-electron chi connectivity index (χ1n) is 11.0. The van der Waals surface area contributed by atoms with Crippen molar-refractivity contribution in [2.24, 2.45) is 0 Å². The van der Waals surface area contributed by atoms with Gasteiger partial charge in [-0.2, -0.15) is 4.31 Å². The number of halogens is 3. The Kier molecular flexibility index (Phi) is 7.96. The minimum Gasteiger partial charge on any atom is -0.366 e. The zero-order chi connectivity index (χ0) is 25.0. The third-order valence-corrected chi connectivity index (χ3v) is 8.32. The van der Waals surface area contributed by atoms with Gasteiger partial charge in [0.1, 0.15) is 5.82 Å². The van der Waals surface area contributed by atoms with Gasteiger partial charge in [0.15, 0.2) is 0 Å². The molecule has 1 aliphatic heterocycles. The van der Waals surface area contributed by atoms with E-state index in [1.54, 1.807) is 47.4 Å². The van der Waals surface area contributed by atoms with Crippen molar-refractivity contribution in [1.82, 2.24) is 9.21 Å². The Morgan fingerprint density at radius 3 is 2.17 bits per heavy atom. The van der Waals surface area contributed by atoms with E-state index in [-0.39, 0.29) is 29.7 Å². The maximum absolute atomic E-state index is 14.1. The van der Waals surface area contributed by atoms with Crippen LogP contribution in [-0.4, -0.2) is 56.3 Å². The largest absolute Gasteiger partial charge is 0.366 e. The molecule has 1 saturated heterocycles. The quantitative estimate of drug-likeness (QED) is 0.441. The van der Waals surface area contributed by atoms with Crippen molar-refractivity contribution >= 4 is 44.8 Å². The summed E-state index contributed by atoms with van der Waals surface area (Å²) in [6.07, 6.45) is 0. The van der Waals surface area contributed by atoms with Crippen molar-refractivity contribution in [2.45, 2.75) is 11.4 Å². The number of carbonyl (C=O) groups excluding carboxylic acids is 1. The molecule has 10 heteroatoms. The van der Waals surface area contributed by atoms with Gasteiger partial charge >= 0.3 is 0 Å². The highest BCUT2D eigenvalue weighted by Gasteiger charge is 2.30. The van der Waals surface area contributed by atoms with E-state index in [0.29, 0.717) is 47.5 Å². The summed E-state index contributed by atoms with van der Waals surface area (Å²) in [5, 5.41) is 0.820. The number of para-hydroxylation sites is 1. The third kappa shape index (κ3) is 5.95. The SMILES string of the molecule is O=C(CN(Cc1ccccc1Cl)S(=O)(=O)c1ccc(Cl)cc1)N1CCN(c2ccccc2F)CC1. The second-order valence-electron chi connectivity index (χ2n) is 8.14. The summed E-state index contributed by atoms with van der Waals surface area (Å²) in [4.78, 5) is 16.7. The number of rotatable bonds is 7. The van der Waals surface area contributed by atoms with E-state index in [4.69, 9.17) is 23.2 Å². The zero-order valence-electron chi connectivity index (χ0n) is 18.8. The number of amides is 1. The van der Waals surface area contributed by atoms with Gasteiger partial charge < -0.3 is 9.80 Å². The van der Waals surface area contributed by atoms with Crippen LogP contribution in [0.2, 0.25) is 10.0 Å². The van der Waals surface area contributed by atoms with E-state index in [9.17, 15) is 17.6 Å². The van der Waals surface area contributed by atoms with Crippen LogP contribution in [0.15, 0.2) is 77.7 Å². The summed E-state index contributed by atoms with van der Waals surface area (Å²) in [7, 11) is -4.02. The molecule has 0 spiro atoms. The minimum atomic E-state index is -4.02. The molecule has 35 heavy (non-hydrogen) atoms. The molecule has 1 amide bonds. The average molecular weight is 536 g/mol. The Bertz CT molecular complexity index is 1300. The lowest BCUT2D eigenvalue weighted by molar-refractivity contribution is -0.131. The van der Waals surface area contributed by atoms with Gasteiger partial charge in [-0.05, 0) is 48.0 Å². The summed E-state index contributed by atoms with van der Waals surface area (Å²) >= 11 is 12.2. The van der Waals surface area contributed by atoms with Crippen LogP contribution in [0, 0.1) is 5.82 Å². The second-order valence-corrected chi connectivity index (χ2v) is 10.9. The number of hydrogen-bond donors (Lipinski definition) is 0. The standard InChI is InChI=1S/C25H24Cl2FN3O3S/c26-20-9-11-21(12-10-20)35(33,34)31(17-19-5-1-2-6-22(19)27)18-25(32)30-15-13-29(14-16-30)24-8-4-3-7-23(24)28/h1-12H,13-18H2. The molecule has 0 bridgehead atoms. The molecule has 1 heterocycles. The predicted molar refractivity (Wildman–Crippen MR) is 136 cm³/mol. The molecule has 4 rings (SSSR count). The molecule has 1 aliphatic rings. The first-order valence-corrected chi connectivity index (χ1v) is 13.2. The molecule has 0 atom stereocenters. The molecule has 6 nitrogen and oxygen atoms in total. The number of piperazine rings is 1. The molecule has 0 aromatic heterocycles. The van der Waals surface area contributed by atoms with Crippen LogP contribution in [-0.2, 0) is 21.4 Å². The third-order valence-electron chi connectivity index (χ3n) is 5.89. The lowest BCUT2D eigenvalue weighted by Gasteiger charge is -2.37. The Morgan fingerprint density at radius 1 is 0.886 bits per heavy atom. The molecular weight excluding hydrogens is 512 g/mol. The lowest BCUT2D eigenvalue weighted by Crippen LogP contribution is -2.52. The van der Waals surface area contributed by atoms with Crippen LogP contribution < -0.4 is 4.90 Å². The number of hydrogen-bond acceptors (Lipinski definition) is 4. The number of sulfonamides is 1. The summed E-state index contributed by atoms with van der Waals surface area (Å²) in [5.74, 6) is -0.643. The lowest BCUT2D eigenvalue weighted by atomic mass is 10.2. The zero-order valence-corrected chi connectivity index (χ0v) is 21.1. The molecular formula is C25H24Cl2FN3O3S. The summed E-state index contributed by atoms with van der Waals surface area (Å²) in [6.45, 7) is 1.19. The van der Waals surface area contributed by atoms with Gasteiger partial charge in [0.2, 0.25) is 15.9 Å². The highest BCUT2D eigenvalue weighted by Crippen LogP contribution is 2.24. The van der Waals surface area contributed by atoms with E-state index in [1.807, 2.05) is 4.90 Å².